The van der Waals surface area contributed by atoms with Crippen LogP contribution in [0.3, 0.4) is 0 Å². The SMILES string of the molecule is Cc1ccc(-c2ccc(SCc3ccc(C(=O)N4CC(C)OC(C)C4)cc3)nn2)cc1. The number of hydrogen-bond donors (Lipinski definition) is 0. The van der Waals surface area contributed by atoms with Gasteiger partial charge in [0.05, 0.1) is 17.9 Å². The molecule has 0 bridgehead atoms. The van der Waals surface area contributed by atoms with E-state index in [0.29, 0.717) is 13.1 Å². The number of thioether (sulfide) groups is 1. The third kappa shape index (κ3) is 5.51. The van der Waals surface area contributed by atoms with Crippen molar-refractivity contribution < 1.29 is 9.53 Å². The summed E-state index contributed by atoms with van der Waals surface area (Å²) in [6.45, 7) is 7.36. The van der Waals surface area contributed by atoms with Crippen molar-refractivity contribution in [1.29, 1.82) is 0 Å². The average Bonchev–Trinajstić information content (AvgIpc) is 2.78. The third-order valence-electron chi connectivity index (χ3n) is 5.28. The highest BCUT2D eigenvalue weighted by atomic mass is 32.2. The number of carbonyl (C=O) groups is 1. The molecule has 2 aromatic carbocycles. The Labute approximate surface area is 187 Å². The zero-order chi connectivity index (χ0) is 21.8. The van der Waals surface area contributed by atoms with Crippen LogP contribution in [0.15, 0.2) is 65.7 Å². The number of carbonyl (C=O) groups excluding carboxylic acids is 1. The maximum Gasteiger partial charge on any atom is 0.254 e. The molecule has 1 aliphatic heterocycles. The van der Waals surface area contributed by atoms with Gasteiger partial charge in [-0.05, 0) is 50.6 Å². The molecule has 5 nitrogen and oxygen atoms in total. The second-order valence-electron chi connectivity index (χ2n) is 8.08. The number of benzene rings is 2. The second kappa shape index (κ2) is 9.62. The quantitative estimate of drug-likeness (QED) is 0.531. The van der Waals surface area contributed by atoms with Gasteiger partial charge < -0.3 is 9.64 Å². The zero-order valence-electron chi connectivity index (χ0n) is 18.1. The molecule has 0 spiro atoms. The highest BCUT2D eigenvalue weighted by Gasteiger charge is 2.26. The molecule has 160 valence electrons. The maximum absolute atomic E-state index is 12.8. The van der Waals surface area contributed by atoms with Crippen molar-refractivity contribution in [2.24, 2.45) is 0 Å². The molecular weight excluding hydrogens is 406 g/mol. The van der Waals surface area contributed by atoms with Gasteiger partial charge in [0.15, 0.2) is 0 Å². The highest BCUT2D eigenvalue weighted by molar-refractivity contribution is 7.98. The number of aromatic nitrogens is 2. The van der Waals surface area contributed by atoms with Crippen LogP contribution in [0.2, 0.25) is 0 Å². The van der Waals surface area contributed by atoms with Crippen molar-refractivity contribution in [2.45, 2.75) is 43.8 Å². The first-order valence-electron chi connectivity index (χ1n) is 10.5. The summed E-state index contributed by atoms with van der Waals surface area (Å²) in [6.07, 6.45) is 0.142. The molecule has 2 atom stereocenters. The Balaban J connectivity index is 1.34. The van der Waals surface area contributed by atoms with Crippen molar-refractivity contribution in [3.05, 3.63) is 77.4 Å². The van der Waals surface area contributed by atoms with E-state index >= 15 is 0 Å². The van der Waals surface area contributed by atoms with E-state index in [1.807, 2.05) is 55.1 Å². The van der Waals surface area contributed by atoms with Gasteiger partial charge in [-0.15, -0.1) is 10.2 Å². The Kier molecular flexibility index (Phi) is 6.68. The van der Waals surface area contributed by atoms with Gasteiger partial charge in [0.25, 0.3) is 5.91 Å². The largest absolute Gasteiger partial charge is 0.372 e. The number of amides is 1. The lowest BCUT2D eigenvalue weighted by atomic mass is 10.1. The minimum absolute atomic E-state index is 0.0683. The van der Waals surface area contributed by atoms with Crippen molar-refractivity contribution in [1.82, 2.24) is 15.1 Å². The minimum atomic E-state index is 0.0683. The molecule has 1 aromatic heterocycles. The lowest BCUT2D eigenvalue weighted by Gasteiger charge is -2.35. The fraction of sp³-hybridized carbons (Fsp3) is 0.320. The summed E-state index contributed by atoms with van der Waals surface area (Å²) >= 11 is 1.64. The Morgan fingerprint density at radius 2 is 1.65 bits per heavy atom. The molecule has 1 fully saturated rings. The molecule has 4 rings (SSSR count). The normalized spacial score (nSPS) is 18.7. The van der Waals surface area contributed by atoms with Gasteiger partial charge in [-0.25, -0.2) is 0 Å². The number of morpholine rings is 1. The van der Waals surface area contributed by atoms with Gasteiger partial charge in [-0.1, -0.05) is 53.7 Å². The first-order chi connectivity index (χ1) is 15.0. The summed E-state index contributed by atoms with van der Waals surface area (Å²) in [5, 5.41) is 9.60. The van der Waals surface area contributed by atoms with E-state index in [2.05, 4.69) is 41.4 Å². The van der Waals surface area contributed by atoms with Gasteiger partial charge in [-0.2, -0.15) is 0 Å². The fourth-order valence-corrected chi connectivity index (χ4v) is 4.47. The van der Waals surface area contributed by atoms with Crippen LogP contribution in [0.4, 0.5) is 0 Å². The Bertz CT molecular complexity index is 1010. The smallest absolute Gasteiger partial charge is 0.254 e. The van der Waals surface area contributed by atoms with Crippen molar-refractivity contribution in [3.63, 3.8) is 0 Å². The molecular formula is C25H27N3O2S. The second-order valence-corrected chi connectivity index (χ2v) is 9.07. The van der Waals surface area contributed by atoms with Crippen LogP contribution in [-0.2, 0) is 10.5 Å². The molecule has 6 heteroatoms. The predicted octanol–water partition coefficient (Wildman–Crippen LogP) is 4.99. The van der Waals surface area contributed by atoms with Crippen molar-refractivity contribution in [2.75, 3.05) is 13.1 Å². The van der Waals surface area contributed by atoms with Gasteiger partial charge in [0, 0.05) is 30.0 Å². The number of aryl methyl sites for hydroxylation is 1. The van der Waals surface area contributed by atoms with Crippen LogP contribution in [-0.4, -0.2) is 46.3 Å². The van der Waals surface area contributed by atoms with Crippen molar-refractivity contribution >= 4 is 17.7 Å². The van der Waals surface area contributed by atoms with Gasteiger partial charge in [-0.3, -0.25) is 4.79 Å². The van der Waals surface area contributed by atoms with E-state index in [1.165, 1.54) is 5.56 Å². The summed E-state index contributed by atoms with van der Waals surface area (Å²) < 4.78 is 5.72. The van der Waals surface area contributed by atoms with Crippen molar-refractivity contribution in [3.8, 4) is 11.3 Å². The van der Waals surface area contributed by atoms with Crippen LogP contribution in [0, 0.1) is 6.92 Å². The minimum Gasteiger partial charge on any atom is -0.372 e. The topological polar surface area (TPSA) is 55.3 Å². The monoisotopic (exact) mass is 433 g/mol. The molecule has 0 saturated carbocycles. The van der Waals surface area contributed by atoms with Gasteiger partial charge in [0.1, 0.15) is 5.03 Å². The van der Waals surface area contributed by atoms with E-state index in [1.54, 1.807) is 11.8 Å². The predicted molar refractivity (Wildman–Crippen MR) is 124 cm³/mol. The maximum atomic E-state index is 12.8. The van der Waals surface area contributed by atoms with Crippen LogP contribution < -0.4 is 0 Å². The Hall–Kier alpha value is -2.70. The molecule has 0 N–H and O–H groups in total. The zero-order valence-corrected chi connectivity index (χ0v) is 18.9. The molecule has 0 radical (unpaired) electrons. The summed E-state index contributed by atoms with van der Waals surface area (Å²) in [7, 11) is 0. The number of nitrogens with zero attached hydrogens (tertiary/aromatic N) is 3. The first kappa shape index (κ1) is 21.5. The van der Waals surface area contributed by atoms with Crippen LogP contribution in [0.25, 0.3) is 11.3 Å². The van der Waals surface area contributed by atoms with Crippen LogP contribution in [0.5, 0.6) is 0 Å². The highest BCUT2D eigenvalue weighted by Crippen LogP contribution is 2.24. The van der Waals surface area contributed by atoms with E-state index in [-0.39, 0.29) is 18.1 Å². The summed E-state index contributed by atoms with van der Waals surface area (Å²) in [5.74, 6) is 0.845. The lowest BCUT2D eigenvalue weighted by Crippen LogP contribution is -2.48. The summed E-state index contributed by atoms with van der Waals surface area (Å²) in [4.78, 5) is 14.7. The molecule has 2 unspecified atom stereocenters. The summed E-state index contributed by atoms with van der Waals surface area (Å²) in [5.41, 5.74) is 5.04. The standard InChI is InChI=1S/C25H27N3O2S/c1-17-4-8-21(9-5-17)23-12-13-24(27-26-23)31-16-20-6-10-22(11-7-20)25(29)28-14-18(2)30-19(3)15-28/h4-13,18-19H,14-16H2,1-3H3. The molecule has 1 aliphatic rings. The third-order valence-corrected chi connectivity index (χ3v) is 6.27. The van der Waals surface area contributed by atoms with E-state index in [4.69, 9.17) is 4.74 Å². The number of hydrogen-bond acceptors (Lipinski definition) is 5. The average molecular weight is 434 g/mol. The van der Waals surface area contributed by atoms with Crippen LogP contribution >= 0.6 is 11.8 Å². The molecule has 2 heterocycles. The van der Waals surface area contributed by atoms with Gasteiger partial charge >= 0.3 is 0 Å². The summed E-state index contributed by atoms with van der Waals surface area (Å²) in [6, 6.07) is 20.1. The van der Waals surface area contributed by atoms with E-state index in [0.717, 1.165) is 33.2 Å². The molecule has 3 aromatic rings. The van der Waals surface area contributed by atoms with Gasteiger partial charge in [0.2, 0.25) is 0 Å². The Morgan fingerprint density at radius 1 is 0.968 bits per heavy atom. The fourth-order valence-electron chi connectivity index (χ4n) is 3.70. The molecule has 1 saturated heterocycles. The molecule has 0 aliphatic carbocycles. The Morgan fingerprint density at radius 3 is 2.26 bits per heavy atom. The number of ether oxygens (including phenoxy) is 1. The van der Waals surface area contributed by atoms with Crippen LogP contribution in [0.1, 0.15) is 35.3 Å². The number of rotatable bonds is 5. The van der Waals surface area contributed by atoms with E-state index in [9.17, 15) is 4.79 Å². The lowest BCUT2D eigenvalue weighted by molar-refractivity contribution is -0.0586. The molecule has 31 heavy (non-hydrogen) atoms. The van der Waals surface area contributed by atoms with E-state index < -0.39 is 0 Å². The first-order valence-corrected chi connectivity index (χ1v) is 11.5. The molecule has 1 amide bonds.